The second-order valence-corrected chi connectivity index (χ2v) is 6.26. The Morgan fingerprint density at radius 1 is 0.875 bits per heavy atom. The molecule has 0 atom stereocenters. The molecule has 5 rings (SSSR count). The van der Waals surface area contributed by atoms with Crippen molar-refractivity contribution in [3.8, 4) is 11.4 Å². The van der Waals surface area contributed by atoms with E-state index in [0.29, 0.717) is 0 Å². The number of benzene rings is 3. The first-order valence-corrected chi connectivity index (χ1v) is 8.05. The normalized spacial score (nSPS) is 11.8. The van der Waals surface area contributed by atoms with Crippen molar-refractivity contribution in [2.24, 2.45) is 7.05 Å². The highest BCUT2D eigenvalue weighted by atomic mass is 16.3. The summed E-state index contributed by atoms with van der Waals surface area (Å²) in [5.74, 6) is 0.932. The molecule has 3 aromatic carbocycles. The lowest BCUT2D eigenvalue weighted by Gasteiger charge is -2.06. The zero-order valence-electron chi connectivity index (χ0n) is 13.6. The van der Waals surface area contributed by atoms with E-state index in [1.165, 1.54) is 10.9 Å². The van der Waals surface area contributed by atoms with E-state index in [9.17, 15) is 0 Å². The van der Waals surface area contributed by atoms with Crippen LogP contribution in [0.4, 0.5) is 0 Å². The summed E-state index contributed by atoms with van der Waals surface area (Å²) in [5.41, 5.74) is 4.10. The molecule has 0 aliphatic heterocycles. The Bertz CT molecular complexity index is 1230. The first-order valence-electron chi connectivity index (χ1n) is 8.05. The maximum Gasteiger partial charge on any atom is 0.146 e. The standard InChI is InChI=1S/C21H16N2O/c1-13-7-9-17-16-10-8-14-5-3-4-6-15(14)19(16)24-20(17)18(13)21-22-11-12-23(21)2/h3-12H,1-2H3. The van der Waals surface area contributed by atoms with Crippen LogP contribution in [0.2, 0.25) is 0 Å². The molecule has 116 valence electrons. The third kappa shape index (κ3) is 1.69. The molecule has 0 spiro atoms. The first-order chi connectivity index (χ1) is 11.7. The Balaban J connectivity index is 1.99. The van der Waals surface area contributed by atoms with Gasteiger partial charge in [-0.1, -0.05) is 42.5 Å². The van der Waals surface area contributed by atoms with E-state index in [-0.39, 0.29) is 0 Å². The van der Waals surface area contributed by atoms with Gasteiger partial charge in [0.2, 0.25) is 0 Å². The summed E-state index contributed by atoms with van der Waals surface area (Å²) in [7, 11) is 2.01. The van der Waals surface area contributed by atoms with Crippen molar-refractivity contribution in [3.05, 3.63) is 66.5 Å². The molecule has 24 heavy (non-hydrogen) atoms. The van der Waals surface area contributed by atoms with Crippen molar-refractivity contribution in [2.75, 3.05) is 0 Å². The number of hydrogen-bond acceptors (Lipinski definition) is 2. The van der Waals surface area contributed by atoms with Crippen molar-refractivity contribution in [2.45, 2.75) is 6.92 Å². The minimum Gasteiger partial charge on any atom is -0.455 e. The average molecular weight is 312 g/mol. The van der Waals surface area contributed by atoms with Gasteiger partial charge in [-0.2, -0.15) is 0 Å². The molecule has 0 aliphatic rings. The minimum absolute atomic E-state index is 0.913. The van der Waals surface area contributed by atoms with Crippen molar-refractivity contribution in [1.29, 1.82) is 0 Å². The van der Waals surface area contributed by atoms with Gasteiger partial charge >= 0.3 is 0 Å². The van der Waals surface area contributed by atoms with E-state index in [4.69, 9.17) is 4.42 Å². The lowest BCUT2D eigenvalue weighted by Crippen LogP contribution is -1.94. The van der Waals surface area contributed by atoms with E-state index in [1.807, 2.05) is 24.0 Å². The van der Waals surface area contributed by atoms with E-state index in [2.05, 4.69) is 60.4 Å². The predicted molar refractivity (Wildman–Crippen MR) is 98.2 cm³/mol. The molecule has 0 radical (unpaired) electrons. The fourth-order valence-corrected chi connectivity index (χ4v) is 3.55. The van der Waals surface area contributed by atoms with Gasteiger partial charge in [0.25, 0.3) is 0 Å². The SMILES string of the molecule is Cc1ccc2c(oc3c4ccccc4ccc23)c1-c1nccn1C. The van der Waals surface area contributed by atoms with Gasteiger partial charge in [-0.3, -0.25) is 0 Å². The van der Waals surface area contributed by atoms with Gasteiger partial charge in [0.05, 0.1) is 5.56 Å². The van der Waals surface area contributed by atoms with Gasteiger partial charge in [-0.15, -0.1) is 0 Å². The zero-order valence-corrected chi connectivity index (χ0v) is 13.6. The highest BCUT2D eigenvalue weighted by molar-refractivity contribution is 6.17. The van der Waals surface area contributed by atoms with Gasteiger partial charge in [-0.25, -0.2) is 4.98 Å². The molecule has 3 nitrogen and oxygen atoms in total. The number of aromatic nitrogens is 2. The van der Waals surface area contributed by atoms with Crippen molar-refractivity contribution in [3.63, 3.8) is 0 Å². The molecule has 0 aliphatic carbocycles. The van der Waals surface area contributed by atoms with Crippen LogP contribution in [0.25, 0.3) is 44.1 Å². The van der Waals surface area contributed by atoms with Gasteiger partial charge in [0, 0.05) is 35.6 Å². The van der Waals surface area contributed by atoms with E-state index in [0.717, 1.165) is 38.7 Å². The lowest BCUT2D eigenvalue weighted by atomic mass is 10.0. The molecule has 0 bridgehead atoms. The zero-order chi connectivity index (χ0) is 16.3. The number of aryl methyl sites for hydroxylation is 2. The number of hydrogen-bond donors (Lipinski definition) is 0. The van der Waals surface area contributed by atoms with Crippen LogP contribution in [0.5, 0.6) is 0 Å². The van der Waals surface area contributed by atoms with E-state index >= 15 is 0 Å². The Hall–Kier alpha value is -3.07. The third-order valence-electron chi connectivity index (χ3n) is 4.78. The maximum atomic E-state index is 6.40. The number of imidazole rings is 1. The molecule has 0 unspecified atom stereocenters. The Morgan fingerprint density at radius 2 is 1.67 bits per heavy atom. The van der Waals surface area contributed by atoms with Crippen molar-refractivity contribution >= 4 is 32.7 Å². The monoisotopic (exact) mass is 312 g/mol. The van der Waals surface area contributed by atoms with Gasteiger partial charge < -0.3 is 8.98 Å². The molecular weight excluding hydrogens is 296 g/mol. The lowest BCUT2D eigenvalue weighted by molar-refractivity contribution is 0.672. The van der Waals surface area contributed by atoms with Crippen LogP contribution >= 0.6 is 0 Å². The summed E-state index contributed by atoms with van der Waals surface area (Å²) in [4.78, 5) is 4.53. The molecule has 0 N–H and O–H groups in total. The summed E-state index contributed by atoms with van der Waals surface area (Å²) in [5, 5.41) is 4.63. The largest absolute Gasteiger partial charge is 0.455 e. The van der Waals surface area contributed by atoms with Gasteiger partial charge in [0.15, 0.2) is 0 Å². The average Bonchev–Trinajstić information content (AvgIpc) is 3.18. The van der Waals surface area contributed by atoms with Gasteiger partial charge in [-0.05, 0) is 23.9 Å². The second-order valence-electron chi connectivity index (χ2n) is 6.26. The molecule has 2 aromatic heterocycles. The maximum absolute atomic E-state index is 6.40. The first kappa shape index (κ1) is 13.4. The predicted octanol–water partition coefficient (Wildman–Crippen LogP) is 5.45. The smallest absolute Gasteiger partial charge is 0.146 e. The molecule has 3 heteroatoms. The van der Waals surface area contributed by atoms with Crippen LogP contribution < -0.4 is 0 Å². The summed E-state index contributed by atoms with van der Waals surface area (Å²) < 4.78 is 8.44. The molecule has 0 saturated carbocycles. The quantitative estimate of drug-likeness (QED) is 0.412. The molecule has 5 aromatic rings. The highest BCUT2D eigenvalue weighted by Crippen LogP contribution is 2.39. The Labute approximate surface area is 139 Å². The third-order valence-corrected chi connectivity index (χ3v) is 4.78. The summed E-state index contributed by atoms with van der Waals surface area (Å²) in [6.07, 6.45) is 3.79. The molecule has 2 heterocycles. The van der Waals surface area contributed by atoms with Crippen LogP contribution in [-0.4, -0.2) is 9.55 Å². The van der Waals surface area contributed by atoms with Crippen molar-refractivity contribution in [1.82, 2.24) is 9.55 Å². The van der Waals surface area contributed by atoms with Crippen LogP contribution in [0.3, 0.4) is 0 Å². The van der Waals surface area contributed by atoms with Crippen LogP contribution in [0.1, 0.15) is 5.56 Å². The fourth-order valence-electron chi connectivity index (χ4n) is 3.55. The van der Waals surface area contributed by atoms with Crippen molar-refractivity contribution < 1.29 is 4.42 Å². The summed E-state index contributed by atoms with van der Waals surface area (Å²) in [6.45, 7) is 2.11. The minimum atomic E-state index is 0.913. The summed E-state index contributed by atoms with van der Waals surface area (Å²) in [6, 6.07) is 17.0. The van der Waals surface area contributed by atoms with Crippen LogP contribution in [-0.2, 0) is 7.05 Å². The van der Waals surface area contributed by atoms with Gasteiger partial charge in [0.1, 0.15) is 17.0 Å². The topological polar surface area (TPSA) is 31.0 Å². The molecule has 0 amide bonds. The molecule has 0 fully saturated rings. The number of nitrogens with zero attached hydrogens (tertiary/aromatic N) is 2. The second kappa shape index (κ2) is 4.71. The Morgan fingerprint density at radius 3 is 2.50 bits per heavy atom. The highest BCUT2D eigenvalue weighted by Gasteiger charge is 2.18. The molecule has 0 saturated heterocycles. The van der Waals surface area contributed by atoms with E-state index in [1.54, 1.807) is 0 Å². The number of fused-ring (bicyclic) bond motifs is 5. The van der Waals surface area contributed by atoms with Crippen LogP contribution in [0.15, 0.2) is 65.3 Å². The number of rotatable bonds is 1. The fraction of sp³-hybridized carbons (Fsp3) is 0.0952. The Kier molecular flexibility index (Phi) is 2.63. The van der Waals surface area contributed by atoms with E-state index < -0.39 is 0 Å². The van der Waals surface area contributed by atoms with Crippen LogP contribution in [0, 0.1) is 6.92 Å². The molecular formula is C21H16N2O. The summed E-state index contributed by atoms with van der Waals surface area (Å²) >= 11 is 0. The number of furan rings is 1.